The highest BCUT2D eigenvalue weighted by atomic mass is 35.5. The van der Waals surface area contributed by atoms with E-state index in [-0.39, 0.29) is 5.75 Å². The van der Waals surface area contributed by atoms with Crippen LogP contribution >= 0.6 is 11.6 Å². The van der Waals surface area contributed by atoms with Gasteiger partial charge in [0, 0.05) is 10.6 Å². The lowest BCUT2D eigenvalue weighted by Gasteiger charge is -2.05. The van der Waals surface area contributed by atoms with Gasteiger partial charge >= 0.3 is 0 Å². The minimum atomic E-state index is -2.43. The van der Waals surface area contributed by atoms with E-state index < -0.39 is 10.7 Å². The first-order chi connectivity index (χ1) is 6.13. The summed E-state index contributed by atoms with van der Waals surface area (Å²) in [5.74, 6) is 0.488. The van der Waals surface area contributed by atoms with Crippen molar-refractivity contribution in [1.29, 1.82) is 0 Å². The van der Waals surface area contributed by atoms with Gasteiger partial charge in [-0.1, -0.05) is 17.7 Å². The Morgan fingerprint density at radius 3 is 2.69 bits per heavy atom. The lowest BCUT2D eigenvalue weighted by atomic mass is 10.2. The number of rotatable bonds is 3. The highest BCUT2D eigenvalue weighted by Gasteiger charge is 2.04. The highest BCUT2D eigenvalue weighted by Crippen LogP contribution is 2.23. The second-order valence-corrected chi connectivity index (χ2v) is 3.87. The molecule has 0 unspecified atom stereocenters. The van der Waals surface area contributed by atoms with E-state index in [2.05, 4.69) is 0 Å². The normalized spacial score (nSPS) is 10.4. The summed E-state index contributed by atoms with van der Waals surface area (Å²) >= 11 is 5.70. The van der Waals surface area contributed by atoms with Crippen molar-refractivity contribution < 1.29 is 13.2 Å². The van der Waals surface area contributed by atoms with Crippen LogP contribution in [0.3, 0.4) is 0 Å². The number of benzene rings is 1. The van der Waals surface area contributed by atoms with Gasteiger partial charge in [-0.15, -0.1) is 0 Å². The quantitative estimate of drug-likeness (QED) is 0.785. The van der Waals surface area contributed by atoms with Gasteiger partial charge in [0.2, 0.25) is 0 Å². The van der Waals surface area contributed by atoms with Crippen molar-refractivity contribution >= 4 is 22.3 Å². The molecule has 0 aliphatic rings. The summed E-state index contributed by atoms with van der Waals surface area (Å²) in [6.45, 7) is 0. The molecule has 0 amide bonds. The molecule has 3 nitrogen and oxygen atoms in total. The largest absolute Gasteiger partial charge is 0.496 e. The van der Waals surface area contributed by atoms with Crippen LogP contribution in [0.1, 0.15) is 5.56 Å². The fraction of sp³-hybridized carbons (Fsp3) is 0.250. The molecule has 0 aromatic heterocycles. The van der Waals surface area contributed by atoms with Gasteiger partial charge in [0.1, 0.15) is 16.5 Å². The van der Waals surface area contributed by atoms with Crippen molar-refractivity contribution in [2.24, 2.45) is 0 Å². The van der Waals surface area contributed by atoms with E-state index in [9.17, 15) is 8.42 Å². The van der Waals surface area contributed by atoms with Crippen molar-refractivity contribution in [3.63, 3.8) is 0 Å². The summed E-state index contributed by atoms with van der Waals surface area (Å²) < 4.78 is 25.9. The summed E-state index contributed by atoms with van der Waals surface area (Å²) in [5, 5.41) is 0.529. The Kier molecular flexibility index (Phi) is 3.57. The zero-order valence-corrected chi connectivity index (χ0v) is 8.64. The molecule has 0 N–H and O–H groups in total. The monoisotopic (exact) mass is 220 g/mol. The van der Waals surface area contributed by atoms with Crippen LogP contribution in [0.25, 0.3) is 0 Å². The Morgan fingerprint density at radius 1 is 1.46 bits per heavy atom. The smallest absolute Gasteiger partial charge is 0.144 e. The molecule has 72 valence electrons. The molecular formula is C8H9ClO3S. The number of thiol groups is 1. The predicted molar refractivity (Wildman–Crippen MR) is 52.0 cm³/mol. The van der Waals surface area contributed by atoms with Gasteiger partial charge in [-0.2, -0.15) is 0 Å². The third-order valence-corrected chi connectivity index (χ3v) is 2.38. The molecule has 1 aromatic rings. The Balaban J connectivity index is 3.05. The van der Waals surface area contributed by atoms with Gasteiger partial charge in [0.25, 0.3) is 0 Å². The number of methoxy groups -OCH3 is 1. The molecule has 0 heterocycles. The molecule has 5 heteroatoms. The van der Waals surface area contributed by atoms with Crippen molar-refractivity contribution in [2.75, 3.05) is 7.11 Å². The minimum absolute atomic E-state index is 0.0182. The number of hydrogen-bond acceptors (Lipinski definition) is 3. The van der Waals surface area contributed by atoms with Crippen molar-refractivity contribution in [3.8, 4) is 5.75 Å². The lowest BCUT2D eigenvalue weighted by Crippen LogP contribution is -1.92. The van der Waals surface area contributed by atoms with Crippen LogP contribution in [0, 0.1) is 0 Å². The minimum Gasteiger partial charge on any atom is -0.496 e. The van der Waals surface area contributed by atoms with Crippen LogP contribution in [-0.4, -0.2) is 15.5 Å². The first kappa shape index (κ1) is 10.3. The van der Waals surface area contributed by atoms with E-state index in [1.807, 2.05) is 0 Å². The summed E-state index contributed by atoms with van der Waals surface area (Å²) in [5.41, 5.74) is 0.628. The number of halogens is 1. The fourth-order valence-electron chi connectivity index (χ4n) is 0.988. The van der Waals surface area contributed by atoms with Crippen molar-refractivity contribution in [1.82, 2.24) is 0 Å². The van der Waals surface area contributed by atoms with Gasteiger partial charge in [-0.3, -0.25) is 0 Å². The van der Waals surface area contributed by atoms with Crippen LogP contribution < -0.4 is 4.74 Å². The first-order valence-electron chi connectivity index (χ1n) is 3.57. The molecule has 0 saturated heterocycles. The highest BCUT2D eigenvalue weighted by molar-refractivity contribution is 7.71. The molecule has 0 atom stereocenters. The van der Waals surface area contributed by atoms with Gasteiger partial charge < -0.3 is 4.74 Å². The lowest BCUT2D eigenvalue weighted by molar-refractivity contribution is 0.411. The van der Waals surface area contributed by atoms with Crippen LogP contribution in [0.4, 0.5) is 0 Å². The average Bonchev–Trinajstić information content (AvgIpc) is 2.07. The summed E-state index contributed by atoms with van der Waals surface area (Å²) in [6, 6.07) is 4.88. The molecule has 1 rings (SSSR count). The Labute approximate surface area is 83.2 Å². The first-order valence-corrected chi connectivity index (χ1v) is 5.32. The molecular weight excluding hydrogens is 212 g/mol. The van der Waals surface area contributed by atoms with Crippen LogP contribution in [0.2, 0.25) is 5.02 Å². The average molecular weight is 221 g/mol. The van der Waals surface area contributed by atoms with Crippen LogP contribution in [0.5, 0.6) is 5.75 Å². The zero-order valence-electron chi connectivity index (χ0n) is 6.99. The third kappa shape index (κ3) is 2.90. The van der Waals surface area contributed by atoms with Crippen LogP contribution in [0.15, 0.2) is 18.2 Å². The van der Waals surface area contributed by atoms with E-state index in [4.69, 9.17) is 16.3 Å². The van der Waals surface area contributed by atoms with Crippen molar-refractivity contribution in [3.05, 3.63) is 28.8 Å². The molecule has 0 radical (unpaired) electrons. The number of ether oxygens (including phenoxy) is 1. The van der Waals surface area contributed by atoms with Crippen LogP contribution in [-0.2, 0) is 16.5 Å². The second kappa shape index (κ2) is 4.48. The van der Waals surface area contributed by atoms with E-state index >= 15 is 0 Å². The van der Waals surface area contributed by atoms with Gasteiger partial charge in [0.15, 0.2) is 0 Å². The Hall–Kier alpha value is -0.740. The second-order valence-electron chi connectivity index (χ2n) is 2.45. The maximum atomic E-state index is 10.5. The summed E-state index contributed by atoms with van der Waals surface area (Å²) in [6.07, 6.45) is 0. The van der Waals surface area contributed by atoms with E-state index in [0.29, 0.717) is 16.3 Å². The third-order valence-electron chi connectivity index (χ3n) is 1.55. The van der Waals surface area contributed by atoms with Crippen molar-refractivity contribution in [2.45, 2.75) is 5.75 Å². The molecule has 0 fully saturated rings. The van der Waals surface area contributed by atoms with E-state index in [0.717, 1.165) is 0 Å². The maximum Gasteiger partial charge on any atom is 0.144 e. The molecule has 0 spiro atoms. The topological polar surface area (TPSA) is 43.4 Å². The molecule has 13 heavy (non-hydrogen) atoms. The predicted octanol–water partition coefficient (Wildman–Crippen LogP) is 1.46. The zero-order chi connectivity index (χ0) is 9.84. The molecule has 0 saturated carbocycles. The van der Waals surface area contributed by atoms with E-state index in [1.165, 1.54) is 7.11 Å². The fourth-order valence-corrected chi connectivity index (χ4v) is 1.69. The van der Waals surface area contributed by atoms with Gasteiger partial charge in [0.05, 0.1) is 12.9 Å². The molecule has 0 aliphatic heterocycles. The SMILES string of the molecule is COc1cc(Cl)ccc1C[SH](=O)=O. The Bertz CT molecular complexity index is 366. The Morgan fingerprint density at radius 2 is 2.15 bits per heavy atom. The van der Waals surface area contributed by atoms with Gasteiger partial charge in [-0.05, 0) is 12.1 Å². The van der Waals surface area contributed by atoms with Gasteiger partial charge in [-0.25, -0.2) is 8.42 Å². The number of hydrogen-bond donors (Lipinski definition) is 1. The van der Waals surface area contributed by atoms with E-state index in [1.54, 1.807) is 18.2 Å². The summed E-state index contributed by atoms with van der Waals surface area (Å²) in [4.78, 5) is 0. The standard InChI is InChI=1S/C8H9ClO3S/c1-12-8-4-7(9)3-2-6(8)5-13(10)11/h2-4,13H,5H2,1H3. The maximum absolute atomic E-state index is 10.5. The molecule has 1 aromatic carbocycles. The molecule has 0 bridgehead atoms. The summed E-state index contributed by atoms with van der Waals surface area (Å²) in [7, 11) is -0.952. The molecule has 0 aliphatic carbocycles.